The summed E-state index contributed by atoms with van der Waals surface area (Å²) in [6, 6.07) is 25.6. The minimum atomic E-state index is -3.79. The molecule has 0 spiro atoms. The van der Waals surface area contributed by atoms with E-state index in [0.717, 1.165) is 11.1 Å². The third-order valence-corrected chi connectivity index (χ3v) is 4.91. The van der Waals surface area contributed by atoms with Gasteiger partial charge in [-0.25, -0.2) is 0 Å². The summed E-state index contributed by atoms with van der Waals surface area (Å²) in [7, 11) is -3.79. The van der Waals surface area contributed by atoms with Crippen molar-refractivity contribution in [2.24, 2.45) is 0 Å². The molecule has 3 aromatic rings. The van der Waals surface area contributed by atoms with E-state index < -0.39 is 10.1 Å². The van der Waals surface area contributed by atoms with Gasteiger partial charge < -0.3 is 4.74 Å². The summed E-state index contributed by atoms with van der Waals surface area (Å²) in [5, 5.41) is 0. The van der Waals surface area contributed by atoms with E-state index >= 15 is 0 Å². The third kappa shape index (κ3) is 4.68. The van der Waals surface area contributed by atoms with Crippen LogP contribution in [0.25, 0.3) is 11.1 Å². The molecule has 0 aliphatic heterocycles. The van der Waals surface area contributed by atoms with Crippen LogP contribution in [0.5, 0.6) is 5.75 Å². The Labute approximate surface area is 147 Å². The number of rotatable bonds is 7. The highest BCUT2D eigenvalue weighted by Crippen LogP contribution is 2.21. The second-order valence-electron chi connectivity index (χ2n) is 5.33. The quantitative estimate of drug-likeness (QED) is 0.473. The van der Waals surface area contributed by atoms with Crippen LogP contribution < -0.4 is 4.74 Å². The lowest BCUT2D eigenvalue weighted by Gasteiger charge is -2.08. The first-order valence-corrected chi connectivity index (χ1v) is 9.29. The predicted octanol–water partition coefficient (Wildman–Crippen LogP) is 4.14. The Balaban J connectivity index is 1.58. The van der Waals surface area contributed by atoms with Crippen LogP contribution >= 0.6 is 0 Å². The molecule has 25 heavy (non-hydrogen) atoms. The molecule has 0 heterocycles. The van der Waals surface area contributed by atoms with Crippen molar-refractivity contribution in [2.75, 3.05) is 13.2 Å². The van der Waals surface area contributed by atoms with Crippen LogP contribution in [0.4, 0.5) is 0 Å². The Morgan fingerprint density at radius 2 is 1.20 bits per heavy atom. The lowest BCUT2D eigenvalue weighted by molar-refractivity contribution is 0.221. The average Bonchev–Trinajstić information content (AvgIpc) is 2.67. The van der Waals surface area contributed by atoms with Gasteiger partial charge in [-0.3, -0.25) is 4.18 Å². The number of hydrogen-bond donors (Lipinski definition) is 0. The zero-order valence-electron chi connectivity index (χ0n) is 13.5. The maximum absolute atomic E-state index is 12.2. The fourth-order valence-electron chi connectivity index (χ4n) is 2.33. The van der Waals surface area contributed by atoms with E-state index in [0.29, 0.717) is 5.75 Å². The zero-order chi connectivity index (χ0) is 17.5. The average molecular weight is 354 g/mol. The molecule has 3 aromatic carbocycles. The maximum Gasteiger partial charge on any atom is 0.297 e. The fourth-order valence-corrected chi connectivity index (χ4v) is 3.23. The number of ether oxygens (including phenoxy) is 1. The van der Waals surface area contributed by atoms with E-state index in [1.165, 1.54) is 0 Å². The predicted molar refractivity (Wildman–Crippen MR) is 97.0 cm³/mol. The standard InChI is InChI=1S/C20H18O4S/c21-25(22,24-16-15-23-19-9-5-2-6-10-19)20-13-11-18(12-14-20)17-7-3-1-4-8-17/h1-14H,15-16H2. The summed E-state index contributed by atoms with van der Waals surface area (Å²) in [5.74, 6) is 0.677. The number of para-hydroxylation sites is 1. The molecule has 0 unspecified atom stereocenters. The van der Waals surface area contributed by atoms with Crippen LogP contribution in [0, 0.1) is 0 Å². The summed E-state index contributed by atoms with van der Waals surface area (Å²) in [5.41, 5.74) is 1.98. The summed E-state index contributed by atoms with van der Waals surface area (Å²) < 4.78 is 34.9. The SMILES string of the molecule is O=S(=O)(OCCOc1ccccc1)c1ccc(-c2ccccc2)cc1. The highest BCUT2D eigenvalue weighted by molar-refractivity contribution is 7.86. The van der Waals surface area contributed by atoms with Gasteiger partial charge in [0, 0.05) is 0 Å². The molecule has 0 radical (unpaired) electrons. The van der Waals surface area contributed by atoms with Crippen molar-refractivity contribution in [3.05, 3.63) is 84.9 Å². The van der Waals surface area contributed by atoms with Gasteiger partial charge in [0.1, 0.15) is 19.0 Å². The molecule has 0 N–H and O–H groups in total. The van der Waals surface area contributed by atoms with Gasteiger partial charge >= 0.3 is 0 Å². The van der Waals surface area contributed by atoms with Gasteiger partial charge in [-0.15, -0.1) is 0 Å². The van der Waals surface area contributed by atoms with E-state index in [-0.39, 0.29) is 18.1 Å². The summed E-state index contributed by atoms with van der Waals surface area (Å²) in [6.45, 7) is 0.114. The highest BCUT2D eigenvalue weighted by atomic mass is 32.2. The Morgan fingerprint density at radius 1 is 0.640 bits per heavy atom. The van der Waals surface area contributed by atoms with Crippen molar-refractivity contribution in [3.8, 4) is 16.9 Å². The normalized spacial score (nSPS) is 11.2. The van der Waals surface area contributed by atoms with Crippen molar-refractivity contribution >= 4 is 10.1 Å². The molecule has 0 bridgehead atoms. The molecule has 0 aliphatic rings. The van der Waals surface area contributed by atoms with Crippen molar-refractivity contribution in [1.82, 2.24) is 0 Å². The van der Waals surface area contributed by atoms with Gasteiger partial charge in [0.2, 0.25) is 0 Å². The second-order valence-corrected chi connectivity index (χ2v) is 6.94. The largest absolute Gasteiger partial charge is 0.491 e. The molecule has 0 amide bonds. The molecule has 4 nitrogen and oxygen atoms in total. The molecule has 0 aromatic heterocycles. The molecule has 128 valence electrons. The van der Waals surface area contributed by atoms with Gasteiger partial charge in [-0.1, -0.05) is 60.7 Å². The zero-order valence-corrected chi connectivity index (χ0v) is 14.4. The van der Waals surface area contributed by atoms with Crippen LogP contribution in [0.15, 0.2) is 89.8 Å². The minimum absolute atomic E-state index is 0.0440. The first-order chi connectivity index (χ1) is 12.1. The molecule has 0 saturated carbocycles. The highest BCUT2D eigenvalue weighted by Gasteiger charge is 2.15. The Hall–Kier alpha value is -2.63. The van der Waals surface area contributed by atoms with Crippen LogP contribution in [-0.2, 0) is 14.3 Å². The third-order valence-electron chi connectivity index (χ3n) is 3.58. The van der Waals surface area contributed by atoms with Gasteiger partial charge in [-0.05, 0) is 35.4 Å². The number of benzene rings is 3. The van der Waals surface area contributed by atoms with Crippen molar-refractivity contribution in [3.63, 3.8) is 0 Å². The molecule has 0 atom stereocenters. The van der Waals surface area contributed by atoms with Crippen LogP contribution in [0.2, 0.25) is 0 Å². The minimum Gasteiger partial charge on any atom is -0.491 e. The summed E-state index contributed by atoms with van der Waals surface area (Å²) >= 11 is 0. The lowest BCUT2D eigenvalue weighted by Crippen LogP contribution is -2.13. The molecular formula is C20H18O4S. The van der Waals surface area contributed by atoms with E-state index in [1.807, 2.05) is 48.5 Å². The fraction of sp³-hybridized carbons (Fsp3) is 0.100. The van der Waals surface area contributed by atoms with Crippen LogP contribution in [0.1, 0.15) is 0 Å². The topological polar surface area (TPSA) is 52.6 Å². The molecule has 3 rings (SSSR count). The Morgan fingerprint density at radius 3 is 1.84 bits per heavy atom. The van der Waals surface area contributed by atoms with E-state index in [9.17, 15) is 8.42 Å². The van der Waals surface area contributed by atoms with Gasteiger partial charge in [-0.2, -0.15) is 8.42 Å². The Kier molecular flexibility index (Phi) is 5.48. The van der Waals surface area contributed by atoms with Gasteiger partial charge in [0.25, 0.3) is 10.1 Å². The van der Waals surface area contributed by atoms with Gasteiger partial charge in [0.05, 0.1) is 4.90 Å². The maximum atomic E-state index is 12.2. The molecule has 0 saturated heterocycles. The lowest BCUT2D eigenvalue weighted by atomic mass is 10.1. The van der Waals surface area contributed by atoms with Crippen LogP contribution in [0.3, 0.4) is 0 Å². The van der Waals surface area contributed by atoms with Crippen molar-refractivity contribution < 1.29 is 17.3 Å². The number of hydrogen-bond acceptors (Lipinski definition) is 4. The smallest absolute Gasteiger partial charge is 0.297 e. The monoisotopic (exact) mass is 354 g/mol. The van der Waals surface area contributed by atoms with E-state index in [1.54, 1.807) is 36.4 Å². The summed E-state index contributed by atoms with van der Waals surface area (Å²) in [6.07, 6.45) is 0. The molecule has 0 fully saturated rings. The van der Waals surface area contributed by atoms with Crippen molar-refractivity contribution in [1.29, 1.82) is 0 Å². The molecular weight excluding hydrogens is 336 g/mol. The Bertz CT molecular complexity index is 889. The van der Waals surface area contributed by atoms with E-state index in [4.69, 9.17) is 8.92 Å². The second kappa shape index (κ2) is 7.96. The van der Waals surface area contributed by atoms with Crippen LogP contribution in [-0.4, -0.2) is 21.6 Å². The first-order valence-electron chi connectivity index (χ1n) is 7.88. The molecule has 0 aliphatic carbocycles. The van der Waals surface area contributed by atoms with Crippen molar-refractivity contribution in [2.45, 2.75) is 4.90 Å². The van der Waals surface area contributed by atoms with Gasteiger partial charge in [0.15, 0.2) is 0 Å². The first kappa shape index (κ1) is 17.2. The van der Waals surface area contributed by atoms with E-state index in [2.05, 4.69) is 0 Å². The summed E-state index contributed by atoms with van der Waals surface area (Å²) in [4.78, 5) is 0.131. The molecule has 5 heteroatoms.